The summed E-state index contributed by atoms with van der Waals surface area (Å²) in [7, 11) is 0. The second-order valence-electron chi connectivity index (χ2n) is 5.73. The van der Waals surface area contributed by atoms with E-state index in [1.54, 1.807) is 0 Å². The number of anilines is 1. The number of nitrogens with one attached hydrogen (secondary N) is 1. The Balaban J connectivity index is 1.68. The van der Waals surface area contributed by atoms with E-state index in [-0.39, 0.29) is 0 Å². The molecule has 2 aromatic rings. The van der Waals surface area contributed by atoms with Crippen LogP contribution in [0.1, 0.15) is 38.5 Å². The van der Waals surface area contributed by atoms with Gasteiger partial charge in [-0.15, -0.1) is 0 Å². The Morgan fingerprint density at radius 1 is 1.10 bits per heavy atom. The van der Waals surface area contributed by atoms with Crippen LogP contribution in [0.4, 0.5) is 5.69 Å². The molecule has 0 unspecified atom stereocenters. The van der Waals surface area contributed by atoms with Crippen molar-refractivity contribution in [1.29, 1.82) is 0 Å². The van der Waals surface area contributed by atoms with Crippen molar-refractivity contribution >= 4 is 5.69 Å². The highest BCUT2D eigenvalue weighted by atomic mass is 15.1. The van der Waals surface area contributed by atoms with Crippen LogP contribution < -0.4 is 5.32 Å². The smallest absolute Gasteiger partial charge is 0.0992 e. The fourth-order valence-corrected chi connectivity index (χ4v) is 3.07. The van der Waals surface area contributed by atoms with Crippen LogP contribution in [-0.4, -0.2) is 16.1 Å². The number of para-hydroxylation sites is 2. The molecule has 3 rings (SSSR count). The largest absolute Gasteiger partial charge is 0.383 e. The predicted molar refractivity (Wildman–Crippen MR) is 83.2 cm³/mol. The molecule has 3 nitrogen and oxygen atoms in total. The second-order valence-corrected chi connectivity index (χ2v) is 5.73. The van der Waals surface area contributed by atoms with Gasteiger partial charge in [0.1, 0.15) is 0 Å². The molecule has 1 saturated carbocycles. The average molecular weight is 269 g/mol. The first-order valence-electron chi connectivity index (χ1n) is 7.75. The summed E-state index contributed by atoms with van der Waals surface area (Å²) in [5, 5.41) is 3.65. The van der Waals surface area contributed by atoms with Gasteiger partial charge in [-0.1, -0.05) is 37.8 Å². The lowest BCUT2D eigenvalue weighted by Crippen LogP contribution is -2.14. The standard InChI is InChI=1S/C17H23N3/c1-2-4-8-15(7-3-1)13-19-16-9-5-6-10-17(16)20-12-11-18-14-20/h5-6,9-12,14-15,19H,1-4,7-8,13H2. The fourth-order valence-electron chi connectivity index (χ4n) is 3.07. The third kappa shape index (κ3) is 3.21. The van der Waals surface area contributed by atoms with Crippen molar-refractivity contribution < 1.29 is 0 Å². The van der Waals surface area contributed by atoms with Crippen LogP contribution in [0.15, 0.2) is 43.0 Å². The summed E-state index contributed by atoms with van der Waals surface area (Å²) in [6.07, 6.45) is 14.1. The van der Waals surface area contributed by atoms with Crippen molar-refractivity contribution in [2.45, 2.75) is 38.5 Å². The number of hydrogen-bond acceptors (Lipinski definition) is 2. The summed E-state index contributed by atoms with van der Waals surface area (Å²) in [5.74, 6) is 0.827. The van der Waals surface area contributed by atoms with Crippen LogP contribution in [0.3, 0.4) is 0 Å². The van der Waals surface area contributed by atoms with E-state index in [1.165, 1.54) is 49.9 Å². The molecule has 0 atom stereocenters. The summed E-state index contributed by atoms with van der Waals surface area (Å²) in [6, 6.07) is 8.46. The molecule has 0 bridgehead atoms. The van der Waals surface area contributed by atoms with Crippen LogP contribution in [0.2, 0.25) is 0 Å². The second kappa shape index (κ2) is 6.60. The molecule has 0 spiro atoms. The molecular weight excluding hydrogens is 246 g/mol. The quantitative estimate of drug-likeness (QED) is 0.841. The summed E-state index contributed by atoms with van der Waals surface area (Å²) in [5.41, 5.74) is 2.38. The topological polar surface area (TPSA) is 29.9 Å². The molecule has 1 fully saturated rings. The van der Waals surface area contributed by atoms with Gasteiger partial charge in [0.15, 0.2) is 0 Å². The minimum atomic E-state index is 0.827. The molecule has 0 saturated heterocycles. The highest BCUT2D eigenvalue weighted by Crippen LogP contribution is 2.25. The minimum absolute atomic E-state index is 0.827. The highest BCUT2D eigenvalue weighted by molar-refractivity contribution is 5.60. The number of rotatable bonds is 4. The number of benzene rings is 1. The zero-order chi connectivity index (χ0) is 13.6. The van der Waals surface area contributed by atoms with Gasteiger partial charge < -0.3 is 9.88 Å². The minimum Gasteiger partial charge on any atom is -0.383 e. The van der Waals surface area contributed by atoms with E-state index in [2.05, 4.69) is 39.1 Å². The van der Waals surface area contributed by atoms with E-state index in [1.807, 2.05) is 18.7 Å². The van der Waals surface area contributed by atoms with E-state index < -0.39 is 0 Å². The SMILES string of the molecule is c1ccc(-n2ccnc2)c(NCC2CCCCCC2)c1. The Kier molecular flexibility index (Phi) is 4.36. The maximum absolute atomic E-state index is 4.14. The van der Waals surface area contributed by atoms with Crippen LogP contribution in [0, 0.1) is 5.92 Å². The Morgan fingerprint density at radius 3 is 2.65 bits per heavy atom. The Hall–Kier alpha value is -1.77. The van der Waals surface area contributed by atoms with Crippen molar-refractivity contribution in [2.24, 2.45) is 5.92 Å². The average Bonchev–Trinajstić information content (AvgIpc) is 2.89. The lowest BCUT2D eigenvalue weighted by Gasteiger charge is -2.18. The molecule has 3 heteroatoms. The summed E-state index contributed by atoms with van der Waals surface area (Å²) in [6.45, 7) is 1.09. The molecule has 1 heterocycles. The van der Waals surface area contributed by atoms with Crippen molar-refractivity contribution in [3.63, 3.8) is 0 Å². The Labute approximate surface area is 121 Å². The summed E-state index contributed by atoms with van der Waals surface area (Å²) < 4.78 is 2.06. The van der Waals surface area contributed by atoms with Crippen molar-refractivity contribution in [2.75, 3.05) is 11.9 Å². The van der Waals surface area contributed by atoms with Gasteiger partial charge in [0, 0.05) is 18.9 Å². The van der Waals surface area contributed by atoms with E-state index in [0.717, 1.165) is 12.5 Å². The van der Waals surface area contributed by atoms with E-state index in [4.69, 9.17) is 0 Å². The molecule has 1 aromatic carbocycles. The first-order valence-corrected chi connectivity index (χ1v) is 7.75. The third-order valence-electron chi connectivity index (χ3n) is 4.24. The monoisotopic (exact) mass is 269 g/mol. The molecule has 0 radical (unpaired) electrons. The van der Waals surface area contributed by atoms with Crippen molar-refractivity contribution in [3.05, 3.63) is 43.0 Å². The van der Waals surface area contributed by atoms with Crippen LogP contribution in [0.5, 0.6) is 0 Å². The number of nitrogens with zero attached hydrogens (tertiary/aromatic N) is 2. The van der Waals surface area contributed by atoms with Crippen LogP contribution in [-0.2, 0) is 0 Å². The number of hydrogen-bond donors (Lipinski definition) is 1. The number of imidazole rings is 1. The molecule has 0 aliphatic heterocycles. The first kappa shape index (κ1) is 13.2. The lowest BCUT2D eigenvalue weighted by molar-refractivity contribution is 0.483. The molecule has 106 valence electrons. The maximum Gasteiger partial charge on any atom is 0.0992 e. The van der Waals surface area contributed by atoms with E-state index >= 15 is 0 Å². The molecule has 0 amide bonds. The van der Waals surface area contributed by atoms with Crippen molar-refractivity contribution in [1.82, 2.24) is 9.55 Å². The van der Waals surface area contributed by atoms with Gasteiger partial charge in [0.2, 0.25) is 0 Å². The van der Waals surface area contributed by atoms with Crippen LogP contribution in [0.25, 0.3) is 5.69 Å². The maximum atomic E-state index is 4.14. The lowest BCUT2D eigenvalue weighted by atomic mass is 10.0. The molecule has 1 aromatic heterocycles. The summed E-state index contributed by atoms with van der Waals surface area (Å²) in [4.78, 5) is 4.14. The zero-order valence-corrected chi connectivity index (χ0v) is 12.0. The molecular formula is C17H23N3. The highest BCUT2D eigenvalue weighted by Gasteiger charge is 2.12. The van der Waals surface area contributed by atoms with Crippen LogP contribution >= 0.6 is 0 Å². The van der Waals surface area contributed by atoms with Crippen molar-refractivity contribution in [3.8, 4) is 5.69 Å². The van der Waals surface area contributed by atoms with Gasteiger partial charge in [-0.3, -0.25) is 0 Å². The van der Waals surface area contributed by atoms with Gasteiger partial charge in [0.05, 0.1) is 17.7 Å². The van der Waals surface area contributed by atoms with Gasteiger partial charge in [-0.2, -0.15) is 0 Å². The Bertz CT molecular complexity index is 511. The predicted octanol–water partition coefficient (Wildman–Crippen LogP) is 4.25. The molecule has 1 aliphatic carbocycles. The normalized spacial score (nSPS) is 16.8. The molecule has 1 N–H and O–H groups in total. The summed E-state index contributed by atoms with van der Waals surface area (Å²) >= 11 is 0. The third-order valence-corrected chi connectivity index (χ3v) is 4.24. The van der Waals surface area contributed by atoms with Gasteiger partial charge >= 0.3 is 0 Å². The van der Waals surface area contributed by atoms with E-state index in [0.29, 0.717) is 0 Å². The molecule has 20 heavy (non-hydrogen) atoms. The number of aromatic nitrogens is 2. The van der Waals surface area contributed by atoms with Gasteiger partial charge in [-0.25, -0.2) is 4.98 Å². The molecule has 1 aliphatic rings. The zero-order valence-electron chi connectivity index (χ0n) is 12.0. The van der Waals surface area contributed by atoms with E-state index in [9.17, 15) is 0 Å². The van der Waals surface area contributed by atoms with Gasteiger partial charge in [0.25, 0.3) is 0 Å². The Morgan fingerprint density at radius 2 is 1.90 bits per heavy atom. The van der Waals surface area contributed by atoms with Gasteiger partial charge in [-0.05, 0) is 30.9 Å². The first-order chi connectivity index (χ1) is 9.93. The fraction of sp³-hybridized carbons (Fsp3) is 0.471.